The number of nitrogens with one attached hydrogen (secondary N) is 2. The van der Waals surface area contributed by atoms with Crippen LogP contribution in [-0.4, -0.2) is 56.9 Å². The third-order valence-corrected chi connectivity index (χ3v) is 7.75. The number of sulfonamides is 1. The van der Waals surface area contributed by atoms with Gasteiger partial charge >= 0.3 is 0 Å². The summed E-state index contributed by atoms with van der Waals surface area (Å²) in [5.74, 6) is -0.592. The van der Waals surface area contributed by atoms with Crippen molar-refractivity contribution in [1.82, 2.24) is 4.31 Å². The number of carbonyl (C=O) groups excluding carboxylic acids is 1. The molecule has 0 bridgehead atoms. The number of amides is 1. The molecule has 1 saturated heterocycles. The second kappa shape index (κ2) is 11.4. The van der Waals surface area contributed by atoms with Crippen molar-refractivity contribution in [2.75, 3.05) is 44.0 Å². The largest absolute Gasteiger partial charge is 0.383 e. The van der Waals surface area contributed by atoms with Gasteiger partial charge in [-0.05, 0) is 43.5 Å². The first-order valence-electron chi connectivity index (χ1n) is 11.2. The quantitative estimate of drug-likeness (QED) is 0.311. The van der Waals surface area contributed by atoms with Gasteiger partial charge in [0.05, 0.1) is 22.0 Å². The molecule has 0 radical (unpaired) electrons. The zero-order valence-corrected chi connectivity index (χ0v) is 20.2. The van der Waals surface area contributed by atoms with Crippen molar-refractivity contribution in [3.8, 4) is 0 Å². The van der Waals surface area contributed by atoms with Gasteiger partial charge in [-0.1, -0.05) is 18.9 Å². The average molecular weight is 491 g/mol. The minimum absolute atomic E-state index is 0.0720. The first-order valence-corrected chi connectivity index (χ1v) is 12.6. The average Bonchev–Trinajstić information content (AvgIpc) is 3.10. The van der Waals surface area contributed by atoms with Gasteiger partial charge < -0.3 is 15.4 Å². The van der Waals surface area contributed by atoms with Crippen LogP contribution in [-0.2, 0) is 14.8 Å². The zero-order chi connectivity index (χ0) is 24.7. The van der Waals surface area contributed by atoms with E-state index in [4.69, 9.17) is 4.74 Å². The molecule has 11 heteroatoms. The number of aryl methyl sites for hydroxylation is 1. The van der Waals surface area contributed by atoms with E-state index in [-0.39, 0.29) is 16.1 Å². The van der Waals surface area contributed by atoms with Gasteiger partial charge in [-0.2, -0.15) is 4.31 Å². The second-order valence-electron chi connectivity index (χ2n) is 8.16. The van der Waals surface area contributed by atoms with Crippen LogP contribution in [0.2, 0.25) is 0 Å². The molecule has 0 saturated carbocycles. The van der Waals surface area contributed by atoms with E-state index in [0.717, 1.165) is 25.7 Å². The Labute approximate surface area is 199 Å². The summed E-state index contributed by atoms with van der Waals surface area (Å²) >= 11 is 0. The minimum Gasteiger partial charge on any atom is -0.383 e. The van der Waals surface area contributed by atoms with Crippen LogP contribution < -0.4 is 10.6 Å². The standard InChI is InChI=1S/C23H30N4O6S/c1-17-7-8-18(15-22(17)34(31,32)26-12-5-3-4-6-13-26)25-23(28)20-16-19(27(29)30)9-10-21(20)24-11-14-33-2/h7-10,15-16,24H,3-6,11-14H2,1-2H3,(H,25,28). The maximum Gasteiger partial charge on any atom is 0.270 e. The van der Waals surface area contributed by atoms with Crippen LogP contribution in [0.15, 0.2) is 41.3 Å². The normalized spacial score (nSPS) is 14.9. The van der Waals surface area contributed by atoms with Crippen LogP contribution in [0.25, 0.3) is 0 Å². The number of rotatable bonds is 9. The van der Waals surface area contributed by atoms with Crippen LogP contribution in [0.4, 0.5) is 17.1 Å². The SMILES string of the molecule is COCCNc1ccc([N+](=O)[O-])cc1C(=O)Nc1ccc(C)c(S(=O)(=O)N2CCCCCC2)c1. The number of hydrogen-bond donors (Lipinski definition) is 2. The van der Waals surface area contributed by atoms with Gasteiger partial charge in [0.15, 0.2) is 0 Å². The first kappa shape index (κ1) is 25.6. The van der Waals surface area contributed by atoms with E-state index in [1.54, 1.807) is 26.2 Å². The van der Waals surface area contributed by atoms with Crippen LogP contribution in [0.1, 0.15) is 41.6 Å². The maximum absolute atomic E-state index is 13.3. The molecule has 1 aliphatic heterocycles. The van der Waals surface area contributed by atoms with Crippen molar-refractivity contribution in [2.24, 2.45) is 0 Å². The van der Waals surface area contributed by atoms with E-state index in [9.17, 15) is 23.3 Å². The third kappa shape index (κ3) is 6.10. The van der Waals surface area contributed by atoms with Crippen molar-refractivity contribution in [2.45, 2.75) is 37.5 Å². The molecule has 1 fully saturated rings. The van der Waals surface area contributed by atoms with Gasteiger partial charge in [0.25, 0.3) is 11.6 Å². The number of non-ortho nitro benzene ring substituents is 1. The van der Waals surface area contributed by atoms with Crippen LogP contribution >= 0.6 is 0 Å². The number of nitro groups is 1. The minimum atomic E-state index is -3.71. The molecule has 0 unspecified atom stereocenters. The number of ether oxygens (including phenoxy) is 1. The predicted molar refractivity (Wildman–Crippen MR) is 130 cm³/mol. The highest BCUT2D eigenvalue weighted by Crippen LogP contribution is 2.27. The van der Waals surface area contributed by atoms with E-state index in [1.807, 2.05) is 0 Å². The Morgan fingerprint density at radius 1 is 1.12 bits per heavy atom. The van der Waals surface area contributed by atoms with Gasteiger partial charge in [0, 0.05) is 50.3 Å². The number of nitrogens with zero attached hydrogens (tertiary/aromatic N) is 2. The molecule has 3 rings (SSSR count). The molecule has 2 aromatic carbocycles. The Morgan fingerprint density at radius 3 is 2.47 bits per heavy atom. The fourth-order valence-electron chi connectivity index (χ4n) is 3.85. The molecule has 0 spiro atoms. The van der Waals surface area contributed by atoms with E-state index < -0.39 is 20.9 Å². The third-order valence-electron chi connectivity index (χ3n) is 5.71. The summed E-state index contributed by atoms with van der Waals surface area (Å²) < 4.78 is 33.1. The summed E-state index contributed by atoms with van der Waals surface area (Å²) in [5, 5.41) is 17.0. The molecular weight excluding hydrogens is 460 g/mol. The number of benzene rings is 2. The Morgan fingerprint density at radius 2 is 1.82 bits per heavy atom. The highest BCUT2D eigenvalue weighted by molar-refractivity contribution is 7.89. The highest BCUT2D eigenvalue weighted by Gasteiger charge is 2.27. The Bertz CT molecular complexity index is 1140. The smallest absolute Gasteiger partial charge is 0.270 e. The summed E-state index contributed by atoms with van der Waals surface area (Å²) in [4.78, 5) is 23.9. The highest BCUT2D eigenvalue weighted by atomic mass is 32.2. The lowest BCUT2D eigenvalue weighted by atomic mass is 10.1. The fraction of sp³-hybridized carbons (Fsp3) is 0.435. The number of methoxy groups -OCH3 is 1. The number of nitro benzene ring substituents is 1. The Kier molecular flexibility index (Phi) is 8.59. The van der Waals surface area contributed by atoms with Gasteiger partial charge in [-0.25, -0.2) is 8.42 Å². The lowest BCUT2D eigenvalue weighted by molar-refractivity contribution is -0.384. The van der Waals surface area contributed by atoms with Gasteiger partial charge in [0.1, 0.15) is 0 Å². The van der Waals surface area contributed by atoms with E-state index in [2.05, 4.69) is 10.6 Å². The topological polar surface area (TPSA) is 131 Å². The van der Waals surface area contributed by atoms with Crippen molar-refractivity contribution in [1.29, 1.82) is 0 Å². The second-order valence-corrected chi connectivity index (χ2v) is 10.1. The molecule has 2 aromatic rings. The molecule has 1 heterocycles. The molecule has 2 N–H and O–H groups in total. The molecule has 0 aliphatic carbocycles. The van der Waals surface area contributed by atoms with E-state index >= 15 is 0 Å². The molecule has 184 valence electrons. The number of hydrogen-bond acceptors (Lipinski definition) is 7. The molecule has 1 aliphatic rings. The van der Waals surface area contributed by atoms with Gasteiger partial charge in [-0.15, -0.1) is 0 Å². The van der Waals surface area contributed by atoms with Crippen molar-refractivity contribution in [3.63, 3.8) is 0 Å². The molecule has 34 heavy (non-hydrogen) atoms. The summed E-state index contributed by atoms with van der Waals surface area (Å²) in [6.45, 7) is 3.45. The summed E-state index contributed by atoms with van der Waals surface area (Å²) in [7, 11) is -2.17. The van der Waals surface area contributed by atoms with Crippen molar-refractivity contribution in [3.05, 3.63) is 57.6 Å². The van der Waals surface area contributed by atoms with E-state index in [0.29, 0.717) is 43.2 Å². The molecule has 1 amide bonds. The van der Waals surface area contributed by atoms with Gasteiger partial charge in [0.2, 0.25) is 10.0 Å². The first-order chi connectivity index (χ1) is 16.2. The Hall–Kier alpha value is -3.02. The van der Waals surface area contributed by atoms with Crippen molar-refractivity contribution < 1.29 is 22.9 Å². The molecular formula is C23H30N4O6S. The number of anilines is 2. The monoisotopic (exact) mass is 490 g/mol. The lowest BCUT2D eigenvalue weighted by Gasteiger charge is -2.21. The summed E-state index contributed by atoms with van der Waals surface area (Å²) in [6, 6.07) is 8.67. The Balaban J connectivity index is 1.89. The zero-order valence-electron chi connectivity index (χ0n) is 19.4. The molecule has 10 nitrogen and oxygen atoms in total. The van der Waals surface area contributed by atoms with Crippen LogP contribution in [0.5, 0.6) is 0 Å². The predicted octanol–water partition coefficient (Wildman–Crippen LogP) is 3.78. The lowest BCUT2D eigenvalue weighted by Crippen LogP contribution is -2.32. The van der Waals surface area contributed by atoms with Gasteiger partial charge in [-0.3, -0.25) is 14.9 Å². The fourth-order valence-corrected chi connectivity index (χ4v) is 5.62. The number of carbonyl (C=O) groups is 1. The molecule has 0 atom stereocenters. The summed E-state index contributed by atoms with van der Waals surface area (Å²) in [5.41, 5.74) is 1.13. The molecule has 0 aromatic heterocycles. The van der Waals surface area contributed by atoms with E-state index in [1.165, 1.54) is 28.6 Å². The van der Waals surface area contributed by atoms with Crippen LogP contribution in [0, 0.1) is 17.0 Å². The maximum atomic E-state index is 13.3. The van der Waals surface area contributed by atoms with Crippen molar-refractivity contribution >= 4 is 33.0 Å². The summed E-state index contributed by atoms with van der Waals surface area (Å²) in [6.07, 6.45) is 3.65. The van der Waals surface area contributed by atoms with Crippen LogP contribution in [0.3, 0.4) is 0 Å².